The topological polar surface area (TPSA) is 43.4 Å². The van der Waals surface area contributed by atoms with Crippen molar-refractivity contribution in [2.45, 2.75) is 39.0 Å². The zero-order chi connectivity index (χ0) is 13.6. The fraction of sp³-hybridized carbons (Fsp3) is 0.500. The van der Waals surface area contributed by atoms with Gasteiger partial charge in [0.25, 0.3) is 0 Å². The van der Waals surface area contributed by atoms with Crippen molar-refractivity contribution in [3.63, 3.8) is 0 Å². The van der Waals surface area contributed by atoms with E-state index < -0.39 is 5.41 Å². The number of ketones is 1. The lowest BCUT2D eigenvalue weighted by Gasteiger charge is -2.37. The summed E-state index contributed by atoms with van der Waals surface area (Å²) in [5.74, 6) is 0.835. The van der Waals surface area contributed by atoms with Crippen LogP contribution in [0.15, 0.2) is 24.3 Å². The van der Waals surface area contributed by atoms with Crippen LogP contribution in [0.1, 0.15) is 44.6 Å². The molecule has 0 radical (unpaired) electrons. The van der Waals surface area contributed by atoms with E-state index in [1.165, 1.54) is 0 Å². The molecule has 1 fully saturated rings. The van der Waals surface area contributed by atoms with Crippen LogP contribution in [0.4, 0.5) is 0 Å². The number of ether oxygens (including phenoxy) is 1. The van der Waals surface area contributed by atoms with Crippen LogP contribution < -0.4 is 4.74 Å². The van der Waals surface area contributed by atoms with Gasteiger partial charge in [-0.3, -0.25) is 9.59 Å². The Morgan fingerprint density at radius 1 is 1.32 bits per heavy atom. The maximum atomic E-state index is 12.1. The second kappa shape index (κ2) is 4.19. The highest BCUT2D eigenvalue weighted by atomic mass is 16.5. The summed E-state index contributed by atoms with van der Waals surface area (Å²) in [7, 11) is 0. The van der Waals surface area contributed by atoms with Gasteiger partial charge in [0.15, 0.2) is 0 Å². The normalized spacial score (nSPS) is 24.5. The summed E-state index contributed by atoms with van der Waals surface area (Å²) in [6, 6.07) is 7.55. The van der Waals surface area contributed by atoms with Gasteiger partial charge in [-0.25, -0.2) is 0 Å². The number of hydrogen-bond donors (Lipinski definition) is 0. The Kier molecular flexibility index (Phi) is 2.73. The second-order valence-electron chi connectivity index (χ2n) is 6.15. The molecule has 0 amide bonds. The summed E-state index contributed by atoms with van der Waals surface area (Å²) in [6.45, 7) is 3.74. The van der Waals surface area contributed by atoms with Crippen LogP contribution in [0.5, 0.6) is 5.75 Å². The predicted molar refractivity (Wildman–Crippen MR) is 70.9 cm³/mol. The molecule has 3 heteroatoms. The second-order valence-corrected chi connectivity index (χ2v) is 6.15. The molecule has 0 N–H and O–H groups in total. The van der Waals surface area contributed by atoms with Crippen molar-refractivity contribution in [3.8, 4) is 5.75 Å². The minimum atomic E-state index is -0.640. The van der Waals surface area contributed by atoms with Gasteiger partial charge in [0.2, 0.25) is 0 Å². The van der Waals surface area contributed by atoms with Gasteiger partial charge in [0.1, 0.15) is 11.5 Å². The molecule has 19 heavy (non-hydrogen) atoms. The van der Waals surface area contributed by atoms with Crippen LogP contribution in [0.3, 0.4) is 0 Å². The van der Waals surface area contributed by atoms with Gasteiger partial charge in [-0.2, -0.15) is 0 Å². The minimum absolute atomic E-state index is 0.0713. The monoisotopic (exact) mass is 258 g/mol. The Hall–Kier alpha value is -1.64. The first-order valence-corrected chi connectivity index (χ1v) is 6.84. The van der Waals surface area contributed by atoms with E-state index in [-0.39, 0.29) is 17.8 Å². The quantitative estimate of drug-likeness (QED) is 0.618. The fourth-order valence-electron chi connectivity index (χ4n) is 2.76. The molecule has 1 saturated carbocycles. The highest BCUT2D eigenvalue weighted by Crippen LogP contribution is 2.48. The first-order valence-electron chi connectivity index (χ1n) is 6.84. The average molecular weight is 258 g/mol. The number of Topliss-reactive ketones (excluding diaryl/α,β-unsaturated/α-hetero) is 1. The van der Waals surface area contributed by atoms with Crippen molar-refractivity contribution in [2.75, 3.05) is 0 Å². The third-order valence-electron chi connectivity index (χ3n) is 4.33. The maximum Gasteiger partial charge on any atom is 0.317 e. The molecule has 1 aliphatic carbocycles. The molecule has 1 aromatic carbocycles. The average Bonchev–Trinajstić information content (AvgIpc) is 3.19. The van der Waals surface area contributed by atoms with E-state index >= 15 is 0 Å². The van der Waals surface area contributed by atoms with E-state index in [0.717, 1.165) is 18.4 Å². The molecule has 1 atom stereocenters. The van der Waals surface area contributed by atoms with Gasteiger partial charge in [0, 0.05) is 18.3 Å². The summed E-state index contributed by atoms with van der Waals surface area (Å²) >= 11 is 0. The Morgan fingerprint density at radius 2 is 2.00 bits per heavy atom. The number of rotatable bonds is 3. The largest absolute Gasteiger partial charge is 0.426 e. The summed E-state index contributed by atoms with van der Waals surface area (Å²) < 4.78 is 5.38. The van der Waals surface area contributed by atoms with Crippen LogP contribution >= 0.6 is 0 Å². The van der Waals surface area contributed by atoms with Gasteiger partial charge in [-0.1, -0.05) is 18.2 Å². The molecule has 3 nitrogen and oxygen atoms in total. The maximum absolute atomic E-state index is 12.1. The number of esters is 1. The van der Waals surface area contributed by atoms with Crippen LogP contribution in [-0.2, 0) is 9.59 Å². The lowest BCUT2D eigenvalue weighted by molar-refractivity contribution is -0.147. The Morgan fingerprint density at radius 3 is 2.68 bits per heavy atom. The van der Waals surface area contributed by atoms with Crippen molar-refractivity contribution in [1.82, 2.24) is 0 Å². The molecule has 0 spiro atoms. The van der Waals surface area contributed by atoms with Crippen LogP contribution in [0.2, 0.25) is 0 Å². The van der Waals surface area contributed by atoms with Crippen LogP contribution in [0.25, 0.3) is 0 Å². The van der Waals surface area contributed by atoms with Crippen molar-refractivity contribution in [2.24, 2.45) is 11.3 Å². The summed E-state index contributed by atoms with van der Waals surface area (Å²) in [5.41, 5.74) is 0.347. The van der Waals surface area contributed by atoms with E-state index in [4.69, 9.17) is 4.74 Å². The number of carbonyl (C=O) groups excluding carboxylic acids is 2. The molecule has 1 heterocycles. The molecule has 1 unspecified atom stereocenters. The van der Waals surface area contributed by atoms with E-state index in [2.05, 4.69) is 0 Å². The number of hydrogen-bond acceptors (Lipinski definition) is 3. The number of fused-ring (bicyclic) bond motifs is 1. The Labute approximate surface area is 113 Å². The number of para-hydroxylation sites is 1. The lowest BCUT2D eigenvalue weighted by atomic mass is 9.70. The number of carbonyl (C=O) groups is 2. The highest BCUT2D eigenvalue weighted by molar-refractivity contribution is 5.88. The van der Waals surface area contributed by atoms with Gasteiger partial charge in [-0.15, -0.1) is 0 Å². The summed E-state index contributed by atoms with van der Waals surface area (Å²) in [5, 5.41) is 0. The molecule has 0 saturated heterocycles. The van der Waals surface area contributed by atoms with Crippen molar-refractivity contribution in [3.05, 3.63) is 29.8 Å². The predicted octanol–water partition coefficient (Wildman–Crippen LogP) is 3.08. The van der Waals surface area contributed by atoms with Crippen molar-refractivity contribution in [1.29, 1.82) is 0 Å². The molecule has 2 aliphatic rings. The molecule has 1 aliphatic heterocycles. The van der Waals surface area contributed by atoms with E-state index in [0.29, 0.717) is 18.0 Å². The summed E-state index contributed by atoms with van der Waals surface area (Å²) in [4.78, 5) is 24.2. The molecular formula is C16H18O3. The SMILES string of the molecule is CC1(C)C(=O)Oc2ccccc2C1CC(=O)C1CC1. The molecule has 1 aromatic rings. The van der Waals surface area contributed by atoms with Gasteiger partial charge in [-0.05, 0) is 38.3 Å². The molecular weight excluding hydrogens is 240 g/mol. The van der Waals surface area contributed by atoms with Gasteiger partial charge < -0.3 is 4.74 Å². The van der Waals surface area contributed by atoms with Crippen molar-refractivity contribution < 1.29 is 14.3 Å². The Balaban J connectivity index is 1.97. The standard InChI is InChI=1S/C16H18O3/c1-16(2)12(9-13(17)10-7-8-10)11-5-3-4-6-14(11)19-15(16)18/h3-6,10,12H,7-9H2,1-2H3. The minimum Gasteiger partial charge on any atom is -0.426 e. The highest BCUT2D eigenvalue weighted by Gasteiger charge is 2.46. The third-order valence-corrected chi connectivity index (χ3v) is 4.33. The van der Waals surface area contributed by atoms with Crippen LogP contribution in [-0.4, -0.2) is 11.8 Å². The third kappa shape index (κ3) is 2.07. The Bertz CT molecular complexity index is 541. The number of benzene rings is 1. The zero-order valence-electron chi connectivity index (χ0n) is 11.3. The molecule has 0 aromatic heterocycles. The summed E-state index contributed by atoms with van der Waals surface area (Å²) in [6.07, 6.45) is 2.47. The molecule has 100 valence electrons. The van der Waals surface area contributed by atoms with E-state index in [1.54, 1.807) is 6.07 Å². The lowest BCUT2D eigenvalue weighted by Crippen LogP contribution is -2.40. The van der Waals surface area contributed by atoms with Crippen molar-refractivity contribution >= 4 is 11.8 Å². The molecule has 0 bridgehead atoms. The smallest absolute Gasteiger partial charge is 0.317 e. The van der Waals surface area contributed by atoms with Gasteiger partial charge >= 0.3 is 5.97 Å². The first-order chi connectivity index (χ1) is 9.00. The molecule has 3 rings (SSSR count). The van der Waals surface area contributed by atoms with E-state index in [9.17, 15) is 9.59 Å². The zero-order valence-corrected chi connectivity index (χ0v) is 11.3. The first kappa shape index (κ1) is 12.4. The van der Waals surface area contributed by atoms with E-state index in [1.807, 2.05) is 32.0 Å². The van der Waals surface area contributed by atoms with Crippen LogP contribution in [0, 0.1) is 11.3 Å². The van der Waals surface area contributed by atoms with Gasteiger partial charge in [0.05, 0.1) is 5.41 Å². The fourth-order valence-corrected chi connectivity index (χ4v) is 2.76.